The molecule has 0 aromatic heterocycles. The predicted octanol–water partition coefficient (Wildman–Crippen LogP) is 2.79. The molecular formula is C13H20O2. The number of esters is 1. The van der Waals surface area contributed by atoms with E-state index >= 15 is 0 Å². The Balaban J connectivity index is 4.37. The molecule has 84 valence electrons. The smallest absolute Gasteiger partial charge is 0.312 e. The third kappa shape index (κ3) is 5.96. The van der Waals surface area contributed by atoms with Crippen molar-refractivity contribution in [3.05, 3.63) is 12.2 Å². The summed E-state index contributed by atoms with van der Waals surface area (Å²) in [5, 5.41) is 0. The zero-order chi connectivity index (χ0) is 12.1. The third-order valence-corrected chi connectivity index (χ3v) is 1.68. The minimum atomic E-state index is -0.556. The molecule has 0 aromatic carbocycles. The van der Waals surface area contributed by atoms with Crippen LogP contribution in [-0.4, -0.2) is 12.1 Å². The first kappa shape index (κ1) is 13.8. The maximum absolute atomic E-state index is 11.5. The summed E-state index contributed by atoms with van der Waals surface area (Å²) in [5.41, 5.74) is -0.513. The number of ether oxygens (including phenoxy) is 1. The maximum Gasteiger partial charge on any atom is 0.312 e. The van der Waals surface area contributed by atoms with Gasteiger partial charge in [0.1, 0.15) is 0 Å². The molecule has 0 saturated carbocycles. The monoisotopic (exact) mass is 208 g/mol. The van der Waals surface area contributed by atoms with Crippen molar-refractivity contribution < 1.29 is 9.53 Å². The number of terminal acetylenes is 1. The molecular weight excluding hydrogens is 188 g/mol. The van der Waals surface area contributed by atoms with Crippen LogP contribution in [0.3, 0.4) is 0 Å². The van der Waals surface area contributed by atoms with Gasteiger partial charge in [-0.2, -0.15) is 0 Å². The van der Waals surface area contributed by atoms with Gasteiger partial charge in [-0.05, 0) is 32.8 Å². The van der Waals surface area contributed by atoms with Gasteiger partial charge in [-0.15, -0.1) is 6.42 Å². The van der Waals surface area contributed by atoms with Crippen LogP contribution in [0.2, 0.25) is 0 Å². The number of carbonyl (C=O) groups is 1. The second-order valence-corrected chi connectivity index (χ2v) is 4.87. The lowest BCUT2D eigenvalue weighted by Crippen LogP contribution is -2.26. The van der Waals surface area contributed by atoms with E-state index in [2.05, 4.69) is 5.92 Å². The van der Waals surface area contributed by atoms with Crippen LogP contribution in [-0.2, 0) is 9.53 Å². The number of hydrogen-bond acceptors (Lipinski definition) is 2. The molecule has 0 spiro atoms. The van der Waals surface area contributed by atoms with Crippen LogP contribution in [0.4, 0.5) is 0 Å². The largest absolute Gasteiger partial charge is 0.444 e. The first-order valence-electron chi connectivity index (χ1n) is 5.13. The molecule has 0 aliphatic rings. The van der Waals surface area contributed by atoms with E-state index in [0.29, 0.717) is 5.92 Å². The molecule has 0 aliphatic heterocycles. The van der Waals surface area contributed by atoms with E-state index in [1.54, 1.807) is 26.8 Å². The standard InChI is InChI=1S/C13H20O2/c1-7-11(9-8-10(2)3)15-12(14)13(4,5)6/h1,8-11H,2-6H3/b9-8+. The van der Waals surface area contributed by atoms with E-state index in [9.17, 15) is 4.79 Å². The van der Waals surface area contributed by atoms with Crippen molar-refractivity contribution in [2.75, 3.05) is 0 Å². The lowest BCUT2D eigenvalue weighted by Gasteiger charge is -2.18. The summed E-state index contributed by atoms with van der Waals surface area (Å²) in [6, 6.07) is 0. The van der Waals surface area contributed by atoms with E-state index in [4.69, 9.17) is 11.2 Å². The van der Waals surface area contributed by atoms with Crippen LogP contribution >= 0.6 is 0 Å². The van der Waals surface area contributed by atoms with Crippen LogP contribution in [0, 0.1) is 23.7 Å². The fourth-order valence-corrected chi connectivity index (χ4v) is 0.744. The first-order chi connectivity index (χ1) is 6.77. The van der Waals surface area contributed by atoms with Crippen molar-refractivity contribution in [3.63, 3.8) is 0 Å². The molecule has 0 saturated heterocycles. The normalized spacial score (nSPS) is 13.9. The molecule has 1 atom stereocenters. The van der Waals surface area contributed by atoms with E-state index in [1.165, 1.54) is 0 Å². The summed E-state index contributed by atoms with van der Waals surface area (Å²) in [4.78, 5) is 11.5. The first-order valence-corrected chi connectivity index (χ1v) is 5.13. The Hall–Kier alpha value is -1.23. The van der Waals surface area contributed by atoms with Crippen LogP contribution in [0.15, 0.2) is 12.2 Å². The zero-order valence-corrected chi connectivity index (χ0v) is 10.2. The summed E-state index contributed by atoms with van der Waals surface area (Å²) in [6.07, 6.45) is 8.39. The van der Waals surface area contributed by atoms with E-state index in [0.717, 1.165) is 0 Å². The van der Waals surface area contributed by atoms with E-state index in [-0.39, 0.29) is 5.97 Å². The second-order valence-electron chi connectivity index (χ2n) is 4.87. The molecule has 0 radical (unpaired) electrons. The molecule has 15 heavy (non-hydrogen) atoms. The Bertz CT molecular complexity index is 274. The SMILES string of the molecule is C#CC(/C=C/C(C)C)OC(=O)C(C)(C)C. The summed E-state index contributed by atoms with van der Waals surface area (Å²) in [5.74, 6) is 2.55. The quantitative estimate of drug-likeness (QED) is 0.405. The maximum atomic E-state index is 11.5. The van der Waals surface area contributed by atoms with Crippen LogP contribution in [0.5, 0.6) is 0 Å². The Morgan fingerprint density at radius 2 is 1.87 bits per heavy atom. The van der Waals surface area contributed by atoms with Gasteiger partial charge in [0.05, 0.1) is 5.41 Å². The van der Waals surface area contributed by atoms with Crippen molar-refractivity contribution >= 4 is 5.97 Å². The topological polar surface area (TPSA) is 26.3 Å². The zero-order valence-electron chi connectivity index (χ0n) is 10.2. The molecule has 2 heteroatoms. The molecule has 0 bridgehead atoms. The van der Waals surface area contributed by atoms with Gasteiger partial charge in [-0.3, -0.25) is 4.79 Å². The van der Waals surface area contributed by atoms with Crippen molar-refractivity contribution in [1.82, 2.24) is 0 Å². The van der Waals surface area contributed by atoms with Gasteiger partial charge in [0.25, 0.3) is 0 Å². The third-order valence-electron chi connectivity index (χ3n) is 1.68. The highest BCUT2D eigenvalue weighted by atomic mass is 16.5. The Morgan fingerprint density at radius 3 is 2.20 bits per heavy atom. The highest BCUT2D eigenvalue weighted by molar-refractivity contribution is 5.75. The van der Waals surface area contributed by atoms with Gasteiger partial charge in [0, 0.05) is 0 Å². The van der Waals surface area contributed by atoms with Crippen LogP contribution < -0.4 is 0 Å². The van der Waals surface area contributed by atoms with Crippen molar-refractivity contribution in [2.45, 2.75) is 40.7 Å². The predicted molar refractivity (Wildman–Crippen MR) is 62.1 cm³/mol. The van der Waals surface area contributed by atoms with Gasteiger partial charge in [0.2, 0.25) is 0 Å². The van der Waals surface area contributed by atoms with Gasteiger partial charge >= 0.3 is 5.97 Å². The Morgan fingerprint density at radius 1 is 1.33 bits per heavy atom. The minimum Gasteiger partial charge on any atom is -0.444 e. The lowest BCUT2D eigenvalue weighted by atomic mass is 9.97. The van der Waals surface area contributed by atoms with Crippen molar-refractivity contribution in [3.8, 4) is 12.3 Å². The minimum absolute atomic E-state index is 0.279. The second kappa shape index (κ2) is 5.60. The number of allylic oxidation sites excluding steroid dienone is 1. The summed E-state index contributed by atoms with van der Waals surface area (Å²) in [7, 11) is 0. The molecule has 0 heterocycles. The number of carbonyl (C=O) groups excluding carboxylic acids is 1. The molecule has 0 amide bonds. The van der Waals surface area contributed by atoms with Gasteiger partial charge in [0.15, 0.2) is 6.10 Å². The molecule has 1 unspecified atom stereocenters. The summed E-state index contributed by atoms with van der Waals surface area (Å²) in [6.45, 7) is 9.48. The van der Waals surface area contributed by atoms with Crippen LogP contribution in [0.25, 0.3) is 0 Å². The number of rotatable bonds is 3. The lowest BCUT2D eigenvalue weighted by molar-refractivity contribution is -0.154. The molecule has 0 N–H and O–H groups in total. The van der Waals surface area contributed by atoms with E-state index in [1.807, 2.05) is 19.9 Å². The summed E-state index contributed by atoms with van der Waals surface area (Å²) >= 11 is 0. The fraction of sp³-hybridized carbons (Fsp3) is 0.615. The van der Waals surface area contributed by atoms with Crippen molar-refractivity contribution in [2.24, 2.45) is 11.3 Å². The molecule has 0 fully saturated rings. The van der Waals surface area contributed by atoms with Gasteiger partial charge < -0.3 is 4.74 Å². The van der Waals surface area contributed by atoms with Gasteiger partial charge in [-0.25, -0.2) is 0 Å². The summed E-state index contributed by atoms with van der Waals surface area (Å²) < 4.78 is 5.15. The number of hydrogen-bond donors (Lipinski definition) is 0. The Kier molecular flexibility index (Phi) is 5.14. The van der Waals surface area contributed by atoms with Gasteiger partial charge in [-0.1, -0.05) is 25.8 Å². The van der Waals surface area contributed by atoms with Crippen molar-refractivity contribution in [1.29, 1.82) is 0 Å². The molecule has 0 rings (SSSR count). The van der Waals surface area contributed by atoms with E-state index < -0.39 is 11.5 Å². The highest BCUT2D eigenvalue weighted by Crippen LogP contribution is 2.16. The molecule has 0 aliphatic carbocycles. The fourth-order valence-electron chi connectivity index (χ4n) is 0.744. The average Bonchev–Trinajstić information content (AvgIpc) is 2.09. The highest BCUT2D eigenvalue weighted by Gasteiger charge is 2.24. The average molecular weight is 208 g/mol. The molecule has 2 nitrogen and oxygen atoms in total. The molecule has 0 aromatic rings. The Labute approximate surface area is 92.7 Å². The van der Waals surface area contributed by atoms with Crippen LogP contribution in [0.1, 0.15) is 34.6 Å².